The van der Waals surface area contributed by atoms with Crippen molar-refractivity contribution in [3.63, 3.8) is 0 Å². The highest BCUT2D eigenvalue weighted by Gasteiger charge is 2.15. The minimum Gasteiger partial charge on any atom is -0.373 e. The molecule has 14 heavy (non-hydrogen) atoms. The van der Waals surface area contributed by atoms with Gasteiger partial charge >= 0.3 is 0 Å². The summed E-state index contributed by atoms with van der Waals surface area (Å²) < 4.78 is 18.8. The van der Waals surface area contributed by atoms with Crippen molar-refractivity contribution in [2.24, 2.45) is 0 Å². The van der Waals surface area contributed by atoms with Gasteiger partial charge in [-0.15, -0.1) is 0 Å². The summed E-state index contributed by atoms with van der Waals surface area (Å²) in [5.74, 6) is -0.162. The van der Waals surface area contributed by atoms with E-state index in [0.29, 0.717) is 18.3 Å². The van der Waals surface area contributed by atoms with E-state index in [2.05, 4.69) is 0 Å². The van der Waals surface area contributed by atoms with Crippen molar-refractivity contribution in [2.45, 2.75) is 38.4 Å². The molecule has 0 unspecified atom stereocenters. The molecular weight excluding hydrogens is 179 g/mol. The van der Waals surface area contributed by atoms with Gasteiger partial charge in [-0.05, 0) is 18.9 Å². The molecule has 76 valence electrons. The zero-order valence-electron chi connectivity index (χ0n) is 8.21. The van der Waals surface area contributed by atoms with Crippen LogP contribution in [-0.4, -0.2) is 6.10 Å². The van der Waals surface area contributed by atoms with Crippen molar-refractivity contribution in [1.82, 2.24) is 0 Å². The van der Waals surface area contributed by atoms with Crippen LogP contribution < -0.4 is 0 Å². The largest absolute Gasteiger partial charge is 0.373 e. The van der Waals surface area contributed by atoms with E-state index < -0.39 is 0 Å². The third-order valence-electron chi connectivity index (χ3n) is 2.73. The lowest BCUT2D eigenvalue weighted by atomic mass is 10.2. The Kier molecular flexibility index (Phi) is 3.14. The molecule has 0 N–H and O–H groups in total. The van der Waals surface area contributed by atoms with E-state index in [0.717, 1.165) is 12.8 Å². The first-order valence-electron chi connectivity index (χ1n) is 5.21. The molecule has 0 heterocycles. The summed E-state index contributed by atoms with van der Waals surface area (Å²) >= 11 is 0. The van der Waals surface area contributed by atoms with Crippen molar-refractivity contribution < 1.29 is 9.13 Å². The molecule has 1 aromatic carbocycles. The quantitative estimate of drug-likeness (QED) is 0.717. The third-order valence-corrected chi connectivity index (χ3v) is 2.73. The average molecular weight is 194 g/mol. The molecule has 0 atom stereocenters. The lowest BCUT2D eigenvalue weighted by molar-refractivity contribution is 0.0441. The molecule has 1 aliphatic rings. The van der Waals surface area contributed by atoms with Crippen LogP contribution in [-0.2, 0) is 11.3 Å². The van der Waals surface area contributed by atoms with Gasteiger partial charge in [-0.25, -0.2) is 4.39 Å². The van der Waals surface area contributed by atoms with Crippen molar-refractivity contribution in [1.29, 1.82) is 0 Å². The zero-order chi connectivity index (χ0) is 9.80. The van der Waals surface area contributed by atoms with E-state index in [-0.39, 0.29) is 5.82 Å². The van der Waals surface area contributed by atoms with E-state index in [1.165, 1.54) is 18.9 Å². The standard InChI is InChI=1S/C12H15FO/c13-12-8-4-1-5-10(12)9-14-11-6-2-3-7-11/h1,4-5,8,11H,2-3,6-7,9H2. The second-order valence-electron chi connectivity index (χ2n) is 3.81. The number of benzene rings is 1. The molecule has 0 amide bonds. The number of ether oxygens (including phenoxy) is 1. The van der Waals surface area contributed by atoms with Crippen LogP contribution in [0.15, 0.2) is 24.3 Å². The van der Waals surface area contributed by atoms with Gasteiger partial charge in [-0.2, -0.15) is 0 Å². The van der Waals surface area contributed by atoms with Crippen molar-refractivity contribution >= 4 is 0 Å². The molecule has 0 radical (unpaired) electrons. The molecule has 1 aromatic rings. The van der Waals surface area contributed by atoms with Crippen LogP contribution in [0.5, 0.6) is 0 Å². The first kappa shape index (κ1) is 9.66. The smallest absolute Gasteiger partial charge is 0.128 e. The Morgan fingerprint density at radius 3 is 2.64 bits per heavy atom. The van der Waals surface area contributed by atoms with Crippen molar-refractivity contribution in [3.8, 4) is 0 Å². The van der Waals surface area contributed by atoms with E-state index in [9.17, 15) is 4.39 Å². The van der Waals surface area contributed by atoms with Crippen LogP contribution in [0, 0.1) is 5.82 Å². The second kappa shape index (κ2) is 4.56. The highest BCUT2D eigenvalue weighted by molar-refractivity contribution is 5.16. The Morgan fingerprint density at radius 1 is 1.21 bits per heavy atom. The molecule has 1 aliphatic carbocycles. The van der Waals surface area contributed by atoms with Gasteiger partial charge < -0.3 is 4.74 Å². The summed E-state index contributed by atoms with van der Waals surface area (Å²) in [6.07, 6.45) is 5.13. The monoisotopic (exact) mass is 194 g/mol. The topological polar surface area (TPSA) is 9.23 Å². The Labute approximate surface area is 83.9 Å². The maximum atomic E-state index is 13.2. The Hall–Kier alpha value is -0.890. The fourth-order valence-corrected chi connectivity index (χ4v) is 1.88. The van der Waals surface area contributed by atoms with Gasteiger partial charge in [0, 0.05) is 5.56 Å². The Morgan fingerprint density at radius 2 is 1.93 bits per heavy atom. The number of hydrogen-bond acceptors (Lipinski definition) is 1. The van der Waals surface area contributed by atoms with Crippen LogP contribution in [0.2, 0.25) is 0 Å². The van der Waals surface area contributed by atoms with E-state index >= 15 is 0 Å². The minimum absolute atomic E-state index is 0.162. The second-order valence-corrected chi connectivity index (χ2v) is 3.81. The summed E-state index contributed by atoms with van der Waals surface area (Å²) in [5, 5.41) is 0. The normalized spacial score (nSPS) is 17.5. The summed E-state index contributed by atoms with van der Waals surface area (Å²) in [6.45, 7) is 0.414. The van der Waals surface area contributed by atoms with Gasteiger partial charge in [0.2, 0.25) is 0 Å². The summed E-state index contributed by atoms with van der Waals surface area (Å²) in [5.41, 5.74) is 0.666. The first-order chi connectivity index (χ1) is 6.86. The highest BCUT2D eigenvalue weighted by Crippen LogP contribution is 2.22. The van der Waals surface area contributed by atoms with Gasteiger partial charge in [-0.3, -0.25) is 0 Å². The van der Waals surface area contributed by atoms with Crippen LogP contribution in [0.25, 0.3) is 0 Å². The van der Waals surface area contributed by atoms with Gasteiger partial charge in [0.25, 0.3) is 0 Å². The predicted molar refractivity (Wildman–Crippen MR) is 53.4 cm³/mol. The molecule has 2 rings (SSSR count). The van der Waals surface area contributed by atoms with Crippen LogP contribution in [0.3, 0.4) is 0 Å². The summed E-state index contributed by atoms with van der Waals surface area (Å²) in [6, 6.07) is 6.81. The number of hydrogen-bond donors (Lipinski definition) is 0. The molecule has 0 aliphatic heterocycles. The van der Waals surface area contributed by atoms with Gasteiger partial charge in [-0.1, -0.05) is 31.0 Å². The van der Waals surface area contributed by atoms with E-state index in [1.807, 2.05) is 6.07 Å². The minimum atomic E-state index is -0.162. The van der Waals surface area contributed by atoms with Gasteiger partial charge in [0.1, 0.15) is 5.82 Å². The highest BCUT2D eigenvalue weighted by atomic mass is 19.1. The fourth-order valence-electron chi connectivity index (χ4n) is 1.88. The average Bonchev–Trinajstić information content (AvgIpc) is 2.69. The Bertz CT molecular complexity index is 292. The van der Waals surface area contributed by atoms with E-state index in [4.69, 9.17) is 4.74 Å². The lowest BCUT2D eigenvalue weighted by Gasteiger charge is -2.11. The molecule has 1 fully saturated rings. The molecular formula is C12H15FO. The van der Waals surface area contributed by atoms with Crippen LogP contribution >= 0.6 is 0 Å². The van der Waals surface area contributed by atoms with Crippen molar-refractivity contribution in [3.05, 3.63) is 35.6 Å². The van der Waals surface area contributed by atoms with E-state index in [1.54, 1.807) is 12.1 Å². The molecule has 0 saturated heterocycles. The van der Waals surface area contributed by atoms with Crippen molar-refractivity contribution in [2.75, 3.05) is 0 Å². The summed E-state index contributed by atoms with van der Waals surface area (Å²) in [4.78, 5) is 0. The lowest BCUT2D eigenvalue weighted by Crippen LogP contribution is -2.07. The maximum absolute atomic E-state index is 13.2. The molecule has 0 aromatic heterocycles. The predicted octanol–water partition coefficient (Wildman–Crippen LogP) is 3.28. The molecule has 2 heteroatoms. The zero-order valence-corrected chi connectivity index (χ0v) is 8.21. The molecule has 1 saturated carbocycles. The first-order valence-corrected chi connectivity index (χ1v) is 5.21. The maximum Gasteiger partial charge on any atom is 0.128 e. The molecule has 0 spiro atoms. The van der Waals surface area contributed by atoms with Gasteiger partial charge in [0.05, 0.1) is 12.7 Å². The van der Waals surface area contributed by atoms with Gasteiger partial charge in [0.15, 0.2) is 0 Å². The van der Waals surface area contributed by atoms with Crippen LogP contribution in [0.1, 0.15) is 31.2 Å². The third kappa shape index (κ3) is 2.32. The van der Waals surface area contributed by atoms with Crippen LogP contribution in [0.4, 0.5) is 4.39 Å². The number of rotatable bonds is 3. The fraction of sp³-hybridized carbons (Fsp3) is 0.500. The molecule has 0 bridgehead atoms. The molecule has 1 nitrogen and oxygen atoms in total. The SMILES string of the molecule is Fc1ccccc1COC1CCCC1. The Balaban J connectivity index is 1.88. The summed E-state index contributed by atoms with van der Waals surface area (Å²) in [7, 11) is 0. The number of halogens is 1.